The van der Waals surface area contributed by atoms with Gasteiger partial charge in [0.25, 0.3) is 0 Å². The quantitative estimate of drug-likeness (QED) is 0.465. The Hall–Kier alpha value is -1.08. The fraction of sp³-hybridized carbons (Fsp3) is 0.714. The standard InChI is InChI=1S/C7H12N2O2/c1-6(7(10)11)9(2,3)5-4-8/h6H,5H2,1-3H3/p+1. The molecule has 0 saturated carbocycles. The topological polar surface area (TPSA) is 61.1 Å². The van der Waals surface area contributed by atoms with Gasteiger partial charge in [-0.05, 0) is 6.92 Å². The van der Waals surface area contributed by atoms with Crippen molar-refractivity contribution >= 4 is 5.97 Å². The summed E-state index contributed by atoms with van der Waals surface area (Å²) in [5, 5.41) is 17.0. The van der Waals surface area contributed by atoms with Gasteiger partial charge in [0.05, 0.1) is 14.1 Å². The Morgan fingerprint density at radius 1 is 1.73 bits per heavy atom. The molecule has 0 heterocycles. The van der Waals surface area contributed by atoms with Crippen LogP contribution in [0.3, 0.4) is 0 Å². The van der Waals surface area contributed by atoms with Crippen LogP contribution in [0, 0.1) is 11.3 Å². The number of nitriles is 1. The van der Waals surface area contributed by atoms with E-state index in [1.807, 2.05) is 6.07 Å². The minimum absolute atomic E-state index is 0.200. The van der Waals surface area contributed by atoms with E-state index in [0.717, 1.165) is 0 Å². The lowest BCUT2D eigenvalue weighted by atomic mass is 10.2. The van der Waals surface area contributed by atoms with E-state index in [4.69, 9.17) is 10.4 Å². The molecule has 0 radical (unpaired) electrons. The van der Waals surface area contributed by atoms with Crippen LogP contribution in [0.4, 0.5) is 0 Å². The van der Waals surface area contributed by atoms with Crippen molar-refractivity contribution in [1.29, 1.82) is 5.26 Å². The van der Waals surface area contributed by atoms with Crippen LogP contribution in [0.2, 0.25) is 0 Å². The van der Waals surface area contributed by atoms with E-state index < -0.39 is 12.0 Å². The minimum atomic E-state index is -0.870. The lowest BCUT2D eigenvalue weighted by Crippen LogP contribution is -2.51. The number of rotatable bonds is 3. The van der Waals surface area contributed by atoms with Crippen molar-refractivity contribution in [2.75, 3.05) is 20.6 Å². The molecule has 0 aromatic heterocycles. The summed E-state index contributed by atoms with van der Waals surface area (Å²) in [6.07, 6.45) is 0. The smallest absolute Gasteiger partial charge is 0.362 e. The monoisotopic (exact) mass is 157 g/mol. The normalized spacial score (nSPS) is 13.6. The fourth-order valence-corrected chi connectivity index (χ4v) is 0.618. The molecule has 0 bridgehead atoms. The molecule has 4 heteroatoms. The second-order valence-electron chi connectivity index (χ2n) is 3.11. The van der Waals surface area contributed by atoms with Gasteiger partial charge in [0.15, 0.2) is 12.6 Å². The minimum Gasteiger partial charge on any atom is -0.477 e. The van der Waals surface area contributed by atoms with Gasteiger partial charge in [-0.3, -0.25) is 0 Å². The Balaban J connectivity index is 4.31. The molecule has 1 atom stereocenters. The van der Waals surface area contributed by atoms with Gasteiger partial charge in [-0.15, -0.1) is 0 Å². The highest BCUT2D eigenvalue weighted by molar-refractivity contribution is 5.71. The van der Waals surface area contributed by atoms with Crippen LogP contribution in [0.5, 0.6) is 0 Å². The number of hydrogen-bond donors (Lipinski definition) is 1. The molecular weight excluding hydrogens is 144 g/mol. The van der Waals surface area contributed by atoms with Gasteiger partial charge in [-0.1, -0.05) is 0 Å². The van der Waals surface area contributed by atoms with Gasteiger partial charge < -0.3 is 9.59 Å². The van der Waals surface area contributed by atoms with Gasteiger partial charge >= 0.3 is 5.97 Å². The lowest BCUT2D eigenvalue weighted by molar-refractivity contribution is -0.897. The maximum Gasteiger partial charge on any atom is 0.362 e. The first-order valence-electron chi connectivity index (χ1n) is 3.34. The summed E-state index contributed by atoms with van der Waals surface area (Å²) in [7, 11) is 3.45. The molecule has 0 aliphatic carbocycles. The van der Waals surface area contributed by atoms with Crippen molar-refractivity contribution in [3.8, 4) is 6.07 Å². The first-order chi connectivity index (χ1) is 4.91. The second-order valence-corrected chi connectivity index (χ2v) is 3.11. The molecule has 0 amide bonds. The second kappa shape index (κ2) is 3.35. The van der Waals surface area contributed by atoms with E-state index in [-0.39, 0.29) is 11.0 Å². The van der Waals surface area contributed by atoms with Gasteiger partial charge in [-0.2, -0.15) is 5.26 Å². The molecule has 11 heavy (non-hydrogen) atoms. The highest BCUT2D eigenvalue weighted by Gasteiger charge is 2.29. The molecule has 4 nitrogen and oxygen atoms in total. The summed E-state index contributed by atoms with van der Waals surface area (Å²) in [6.45, 7) is 1.81. The number of carbonyl (C=O) groups is 1. The van der Waals surface area contributed by atoms with Crippen LogP contribution < -0.4 is 0 Å². The van der Waals surface area contributed by atoms with Gasteiger partial charge in [0.1, 0.15) is 6.07 Å². The summed E-state index contributed by atoms with van der Waals surface area (Å²) in [5.74, 6) is -0.870. The number of nitrogens with zero attached hydrogens (tertiary/aromatic N) is 2. The average molecular weight is 157 g/mol. The highest BCUT2D eigenvalue weighted by atomic mass is 16.4. The Kier molecular flexibility index (Phi) is 3.02. The van der Waals surface area contributed by atoms with E-state index in [1.165, 1.54) is 0 Å². The first kappa shape index (κ1) is 9.92. The number of quaternary nitrogens is 1. The number of carboxylic acids is 1. The zero-order valence-electron chi connectivity index (χ0n) is 7.03. The van der Waals surface area contributed by atoms with E-state index in [9.17, 15) is 4.79 Å². The molecule has 0 rings (SSSR count). The highest BCUT2D eigenvalue weighted by Crippen LogP contribution is 2.04. The molecular formula is C7H13N2O2+. The van der Waals surface area contributed by atoms with Crippen LogP contribution >= 0.6 is 0 Å². The fourth-order valence-electron chi connectivity index (χ4n) is 0.618. The summed E-state index contributed by atoms with van der Waals surface area (Å²) < 4.78 is 0.200. The van der Waals surface area contributed by atoms with Crippen molar-refractivity contribution < 1.29 is 14.4 Å². The van der Waals surface area contributed by atoms with Crippen molar-refractivity contribution in [3.63, 3.8) is 0 Å². The molecule has 0 spiro atoms. The van der Waals surface area contributed by atoms with Crippen molar-refractivity contribution in [2.24, 2.45) is 0 Å². The summed E-state index contributed by atoms with van der Waals surface area (Å²) in [4.78, 5) is 10.5. The zero-order chi connectivity index (χ0) is 9.07. The number of likely N-dealkylation sites (N-methyl/N-ethyl adjacent to an activating group) is 1. The molecule has 0 fully saturated rings. The van der Waals surface area contributed by atoms with Crippen molar-refractivity contribution in [1.82, 2.24) is 0 Å². The van der Waals surface area contributed by atoms with Crippen molar-refractivity contribution in [3.05, 3.63) is 0 Å². The van der Waals surface area contributed by atoms with E-state index in [2.05, 4.69) is 0 Å². The number of carboxylic acid groups (broad SMARTS) is 1. The van der Waals surface area contributed by atoms with Crippen LogP contribution in [0.1, 0.15) is 6.92 Å². The van der Waals surface area contributed by atoms with Crippen LogP contribution in [-0.2, 0) is 4.79 Å². The maximum absolute atomic E-state index is 10.5. The Labute approximate surface area is 66.2 Å². The molecule has 0 aliphatic heterocycles. The number of aliphatic carboxylic acids is 1. The van der Waals surface area contributed by atoms with Crippen LogP contribution in [0.15, 0.2) is 0 Å². The molecule has 0 aromatic carbocycles. The molecule has 62 valence electrons. The molecule has 1 unspecified atom stereocenters. The van der Waals surface area contributed by atoms with Gasteiger partial charge in [0.2, 0.25) is 0 Å². The van der Waals surface area contributed by atoms with Crippen LogP contribution in [-0.4, -0.2) is 42.2 Å². The average Bonchev–Trinajstić information content (AvgIpc) is 1.86. The molecule has 0 aliphatic rings. The van der Waals surface area contributed by atoms with Gasteiger partial charge in [-0.25, -0.2) is 4.79 Å². The first-order valence-corrected chi connectivity index (χ1v) is 3.34. The van der Waals surface area contributed by atoms with Crippen molar-refractivity contribution in [2.45, 2.75) is 13.0 Å². The predicted octanol–water partition coefficient (Wildman–Crippen LogP) is 0.0595. The molecule has 0 aromatic rings. The Morgan fingerprint density at radius 2 is 2.18 bits per heavy atom. The SMILES string of the molecule is CC(C(=O)O)[N+](C)(C)CC#N. The molecule has 1 N–H and O–H groups in total. The third-order valence-electron chi connectivity index (χ3n) is 1.88. The largest absolute Gasteiger partial charge is 0.477 e. The van der Waals surface area contributed by atoms with E-state index >= 15 is 0 Å². The summed E-state index contributed by atoms with van der Waals surface area (Å²) >= 11 is 0. The predicted molar refractivity (Wildman–Crippen MR) is 39.7 cm³/mol. The third kappa shape index (κ3) is 2.56. The van der Waals surface area contributed by atoms with Gasteiger partial charge in [0, 0.05) is 0 Å². The summed E-state index contributed by atoms with van der Waals surface area (Å²) in [6, 6.07) is 1.42. The van der Waals surface area contributed by atoms with E-state index in [0.29, 0.717) is 0 Å². The van der Waals surface area contributed by atoms with Crippen LogP contribution in [0.25, 0.3) is 0 Å². The Morgan fingerprint density at radius 3 is 2.45 bits per heavy atom. The Bertz CT molecular complexity index is 193. The zero-order valence-corrected chi connectivity index (χ0v) is 7.03. The third-order valence-corrected chi connectivity index (χ3v) is 1.88. The lowest BCUT2D eigenvalue weighted by Gasteiger charge is -2.30. The number of hydrogen-bond acceptors (Lipinski definition) is 2. The maximum atomic E-state index is 10.5. The molecule has 0 saturated heterocycles. The summed E-state index contributed by atoms with van der Waals surface area (Å²) in [5.41, 5.74) is 0. The van der Waals surface area contributed by atoms with E-state index in [1.54, 1.807) is 21.0 Å².